The predicted octanol–water partition coefficient (Wildman–Crippen LogP) is 4.47. The first-order chi connectivity index (χ1) is 16.9. The summed E-state index contributed by atoms with van der Waals surface area (Å²) in [6.45, 7) is 3.56. The summed E-state index contributed by atoms with van der Waals surface area (Å²) in [5.41, 5.74) is 8.50. The van der Waals surface area contributed by atoms with Crippen molar-refractivity contribution in [1.29, 1.82) is 0 Å². The fourth-order valence-corrected chi connectivity index (χ4v) is 5.07. The largest absolute Gasteiger partial charge is 0.457 e. The van der Waals surface area contributed by atoms with Crippen molar-refractivity contribution in [3.05, 3.63) is 82.4 Å². The number of carbonyl (C=O) groups excluding carboxylic acids is 2. The van der Waals surface area contributed by atoms with Gasteiger partial charge < -0.3 is 15.8 Å². The Morgan fingerprint density at radius 1 is 1.09 bits per heavy atom. The number of nitrogen functional groups attached to an aromatic ring is 1. The van der Waals surface area contributed by atoms with Crippen LogP contribution < -0.4 is 11.1 Å². The maximum atomic E-state index is 13.0. The summed E-state index contributed by atoms with van der Waals surface area (Å²) < 4.78 is 6.98. The maximum absolute atomic E-state index is 13.0. The van der Waals surface area contributed by atoms with Crippen LogP contribution in [0.1, 0.15) is 39.5 Å². The van der Waals surface area contributed by atoms with Gasteiger partial charge >= 0.3 is 5.97 Å². The number of thiazole rings is 1. The zero-order chi connectivity index (χ0) is 24.8. The summed E-state index contributed by atoms with van der Waals surface area (Å²) in [5, 5.41) is 11.7. The highest BCUT2D eigenvalue weighted by atomic mass is 32.2. The smallest absolute Gasteiger partial charge is 0.350 e. The van der Waals surface area contributed by atoms with Gasteiger partial charge in [0.1, 0.15) is 17.5 Å². The van der Waals surface area contributed by atoms with Gasteiger partial charge in [-0.3, -0.25) is 9.36 Å². The molecule has 1 unspecified atom stereocenters. The highest BCUT2D eigenvalue weighted by molar-refractivity contribution is 7.98. The fourth-order valence-electron chi connectivity index (χ4n) is 3.23. The molecule has 0 aliphatic heterocycles. The second kappa shape index (κ2) is 11.2. The number of hydrogen-bond donors (Lipinski definition) is 2. The third-order valence-corrected chi connectivity index (χ3v) is 7.16. The zero-order valence-corrected chi connectivity index (χ0v) is 20.8. The molecule has 0 saturated heterocycles. The molecular weight excluding hydrogens is 484 g/mol. The normalized spacial score (nSPS) is 11.7. The lowest BCUT2D eigenvalue weighted by Gasteiger charge is -2.15. The SMILES string of the molecule is Cc1nc(NC(=O)C(C)n2c(N)nnc2SCc2ccccc2)sc1C(=O)OCc1ccccc1. The van der Waals surface area contributed by atoms with Crippen LogP contribution in [0.25, 0.3) is 0 Å². The molecule has 2 aromatic carbocycles. The average Bonchev–Trinajstić information content (AvgIpc) is 3.43. The van der Waals surface area contributed by atoms with Gasteiger partial charge in [0.15, 0.2) is 10.3 Å². The fraction of sp³-hybridized carbons (Fsp3) is 0.208. The number of esters is 1. The first-order valence-electron chi connectivity index (χ1n) is 10.8. The van der Waals surface area contributed by atoms with E-state index in [1.807, 2.05) is 60.7 Å². The Bertz CT molecular complexity index is 1310. The van der Waals surface area contributed by atoms with Crippen molar-refractivity contribution in [1.82, 2.24) is 19.7 Å². The van der Waals surface area contributed by atoms with Crippen molar-refractivity contribution >= 4 is 46.1 Å². The minimum absolute atomic E-state index is 0.142. The topological polar surface area (TPSA) is 125 Å². The molecule has 4 rings (SSSR count). The number of carbonyl (C=O) groups is 2. The molecule has 0 saturated carbocycles. The molecule has 2 heterocycles. The Kier molecular flexibility index (Phi) is 7.78. The predicted molar refractivity (Wildman–Crippen MR) is 136 cm³/mol. The van der Waals surface area contributed by atoms with E-state index in [1.165, 1.54) is 11.8 Å². The molecule has 2 aromatic heterocycles. The first kappa shape index (κ1) is 24.4. The lowest BCUT2D eigenvalue weighted by Crippen LogP contribution is -2.25. The Labute approximate surface area is 210 Å². The van der Waals surface area contributed by atoms with E-state index in [-0.39, 0.29) is 18.5 Å². The Morgan fingerprint density at radius 2 is 1.74 bits per heavy atom. The molecule has 0 radical (unpaired) electrons. The van der Waals surface area contributed by atoms with Crippen molar-refractivity contribution in [3.63, 3.8) is 0 Å². The van der Waals surface area contributed by atoms with Crippen molar-refractivity contribution in [2.45, 2.75) is 37.4 Å². The van der Waals surface area contributed by atoms with E-state index < -0.39 is 12.0 Å². The van der Waals surface area contributed by atoms with Gasteiger partial charge in [-0.15, -0.1) is 10.2 Å². The monoisotopic (exact) mass is 508 g/mol. The lowest BCUT2D eigenvalue weighted by molar-refractivity contribution is -0.118. The van der Waals surface area contributed by atoms with Crippen LogP contribution in [0.4, 0.5) is 11.1 Å². The minimum Gasteiger partial charge on any atom is -0.457 e. The molecule has 3 N–H and O–H groups in total. The zero-order valence-electron chi connectivity index (χ0n) is 19.2. The number of nitrogens with one attached hydrogen (secondary N) is 1. The van der Waals surface area contributed by atoms with Gasteiger partial charge in [0.25, 0.3) is 0 Å². The summed E-state index contributed by atoms with van der Waals surface area (Å²) in [6.07, 6.45) is 0. The molecule has 0 aliphatic carbocycles. The summed E-state index contributed by atoms with van der Waals surface area (Å²) in [4.78, 5) is 30.2. The molecule has 4 aromatic rings. The molecule has 0 fully saturated rings. The molecular formula is C24H24N6O3S2. The molecule has 0 aliphatic rings. The molecule has 11 heteroatoms. The van der Waals surface area contributed by atoms with Gasteiger partial charge in [-0.25, -0.2) is 9.78 Å². The number of rotatable bonds is 9. The van der Waals surface area contributed by atoms with Crippen LogP contribution in [0.2, 0.25) is 0 Å². The number of ether oxygens (including phenoxy) is 1. The summed E-state index contributed by atoms with van der Waals surface area (Å²) >= 11 is 2.51. The van der Waals surface area contributed by atoms with Gasteiger partial charge in [-0.05, 0) is 25.0 Å². The van der Waals surface area contributed by atoms with Crippen LogP contribution in [0.15, 0.2) is 65.8 Å². The van der Waals surface area contributed by atoms with E-state index in [0.29, 0.717) is 26.6 Å². The molecule has 0 bridgehead atoms. The highest BCUT2D eigenvalue weighted by Crippen LogP contribution is 2.28. The molecule has 180 valence electrons. The van der Waals surface area contributed by atoms with Gasteiger partial charge in [0.2, 0.25) is 11.9 Å². The van der Waals surface area contributed by atoms with Gasteiger partial charge in [-0.2, -0.15) is 0 Å². The maximum Gasteiger partial charge on any atom is 0.350 e. The van der Waals surface area contributed by atoms with Crippen molar-refractivity contribution in [3.8, 4) is 0 Å². The van der Waals surface area contributed by atoms with Crippen LogP contribution in [0.3, 0.4) is 0 Å². The molecule has 9 nitrogen and oxygen atoms in total. The van der Waals surface area contributed by atoms with Crippen molar-refractivity contribution < 1.29 is 14.3 Å². The number of aromatic nitrogens is 4. The van der Waals surface area contributed by atoms with Crippen LogP contribution in [0, 0.1) is 6.92 Å². The summed E-state index contributed by atoms with van der Waals surface area (Å²) in [5.74, 6) is -0.0345. The molecule has 1 amide bonds. The number of amides is 1. The second-order valence-electron chi connectivity index (χ2n) is 7.65. The van der Waals surface area contributed by atoms with Gasteiger partial charge in [0.05, 0.1) is 5.69 Å². The van der Waals surface area contributed by atoms with E-state index in [2.05, 4.69) is 20.5 Å². The Hall–Kier alpha value is -3.70. The first-order valence-corrected chi connectivity index (χ1v) is 12.6. The van der Waals surface area contributed by atoms with Crippen molar-refractivity contribution in [2.75, 3.05) is 11.1 Å². The van der Waals surface area contributed by atoms with E-state index in [0.717, 1.165) is 22.5 Å². The lowest BCUT2D eigenvalue weighted by atomic mass is 10.2. The minimum atomic E-state index is -0.694. The van der Waals surface area contributed by atoms with Crippen LogP contribution in [-0.4, -0.2) is 31.6 Å². The van der Waals surface area contributed by atoms with Crippen molar-refractivity contribution in [2.24, 2.45) is 0 Å². The molecule has 0 spiro atoms. The quantitative estimate of drug-likeness (QED) is 0.251. The van der Waals surface area contributed by atoms with Gasteiger partial charge in [0, 0.05) is 5.75 Å². The number of aryl methyl sites for hydroxylation is 1. The Morgan fingerprint density at radius 3 is 2.43 bits per heavy atom. The number of nitrogens with zero attached hydrogens (tertiary/aromatic N) is 4. The number of hydrogen-bond acceptors (Lipinski definition) is 9. The van der Waals surface area contributed by atoms with E-state index in [1.54, 1.807) is 18.4 Å². The third kappa shape index (κ3) is 6.06. The van der Waals surface area contributed by atoms with E-state index >= 15 is 0 Å². The number of benzene rings is 2. The average molecular weight is 509 g/mol. The van der Waals surface area contributed by atoms with E-state index in [4.69, 9.17) is 10.5 Å². The highest BCUT2D eigenvalue weighted by Gasteiger charge is 2.24. The standard InChI is InChI=1S/C24H24N6O3S2/c1-15-19(21(32)33-13-17-9-5-3-6-10-17)35-23(26-15)27-20(31)16(2)30-22(25)28-29-24(30)34-14-18-11-7-4-8-12-18/h3-12,16H,13-14H2,1-2H3,(H2,25,28)(H,26,27,31). The molecule has 1 atom stereocenters. The summed E-state index contributed by atoms with van der Waals surface area (Å²) in [6, 6.07) is 18.6. The van der Waals surface area contributed by atoms with E-state index in [9.17, 15) is 9.59 Å². The molecule has 35 heavy (non-hydrogen) atoms. The Balaban J connectivity index is 1.40. The third-order valence-electron chi connectivity index (χ3n) is 5.09. The number of anilines is 2. The number of thioether (sulfide) groups is 1. The van der Waals surface area contributed by atoms with Crippen LogP contribution in [0.5, 0.6) is 0 Å². The van der Waals surface area contributed by atoms with Gasteiger partial charge in [-0.1, -0.05) is 83.8 Å². The van der Waals surface area contributed by atoms with Crippen LogP contribution >= 0.6 is 23.1 Å². The summed E-state index contributed by atoms with van der Waals surface area (Å²) in [7, 11) is 0. The second-order valence-corrected chi connectivity index (χ2v) is 9.59. The number of nitrogens with two attached hydrogens (primary N) is 1. The van der Waals surface area contributed by atoms with Crippen LogP contribution in [-0.2, 0) is 21.9 Å².